The molecule has 0 radical (unpaired) electrons. The summed E-state index contributed by atoms with van der Waals surface area (Å²) in [7, 11) is 0. The maximum absolute atomic E-state index is 12.7. The third-order valence-corrected chi connectivity index (χ3v) is 5.87. The smallest absolute Gasteiger partial charge is 0.225 e. The van der Waals surface area contributed by atoms with Gasteiger partial charge in [0.25, 0.3) is 0 Å². The Labute approximate surface area is 181 Å². The Morgan fingerprint density at radius 3 is 2.59 bits per heavy atom. The number of ether oxygens (including phenoxy) is 1. The van der Waals surface area contributed by atoms with Gasteiger partial charge >= 0.3 is 0 Å². The quantitative estimate of drug-likeness (QED) is 0.352. The number of nitrogens with one attached hydrogen (secondary N) is 2. The predicted molar refractivity (Wildman–Crippen MR) is 120 cm³/mol. The number of hydrogen-bond donors (Lipinski definition) is 2. The lowest BCUT2D eigenvalue weighted by Crippen LogP contribution is -2.46. The lowest BCUT2D eigenvalue weighted by Gasteiger charge is -2.26. The lowest BCUT2D eigenvalue weighted by molar-refractivity contribution is -0.135. The van der Waals surface area contributed by atoms with Crippen molar-refractivity contribution in [2.24, 2.45) is 10.9 Å². The molecule has 156 valence electrons. The molecule has 7 heteroatoms. The van der Waals surface area contributed by atoms with E-state index in [0.717, 1.165) is 57.9 Å². The van der Waals surface area contributed by atoms with Gasteiger partial charge in [0.05, 0.1) is 12.6 Å². The number of rotatable bonds is 5. The number of guanidine groups is 1. The second kappa shape index (κ2) is 12.1. The first-order chi connectivity index (χ1) is 12.8. The topological polar surface area (TPSA) is 66.0 Å². The molecule has 2 N–H and O–H groups in total. The van der Waals surface area contributed by atoms with E-state index in [2.05, 4.69) is 22.5 Å². The summed E-state index contributed by atoms with van der Waals surface area (Å²) < 4.78 is 5.78. The molecule has 3 fully saturated rings. The van der Waals surface area contributed by atoms with Gasteiger partial charge in [-0.2, -0.15) is 0 Å². The van der Waals surface area contributed by atoms with Crippen LogP contribution >= 0.6 is 24.0 Å². The van der Waals surface area contributed by atoms with Gasteiger partial charge in [-0.15, -0.1) is 24.0 Å². The molecule has 6 nitrogen and oxygen atoms in total. The van der Waals surface area contributed by atoms with Crippen LogP contribution in [0.2, 0.25) is 0 Å². The lowest BCUT2D eigenvalue weighted by atomic mass is 9.88. The fraction of sp³-hybridized carbons (Fsp3) is 0.900. The largest absolute Gasteiger partial charge is 0.376 e. The minimum atomic E-state index is 0. The summed E-state index contributed by atoms with van der Waals surface area (Å²) in [5.41, 5.74) is 0. The Bertz CT molecular complexity index is 477. The summed E-state index contributed by atoms with van der Waals surface area (Å²) >= 11 is 0. The molecule has 0 aromatic rings. The Morgan fingerprint density at radius 2 is 1.89 bits per heavy atom. The van der Waals surface area contributed by atoms with Crippen LogP contribution in [-0.4, -0.2) is 61.7 Å². The average molecular weight is 492 g/mol. The zero-order valence-electron chi connectivity index (χ0n) is 16.8. The zero-order chi connectivity index (χ0) is 18.2. The second-order valence-corrected chi connectivity index (χ2v) is 7.96. The van der Waals surface area contributed by atoms with E-state index in [4.69, 9.17) is 9.73 Å². The highest BCUT2D eigenvalue weighted by atomic mass is 127. The standard InChI is InChI=1S/C20H36N4O2.HI/c1-2-21-20(22-14-18-10-6-7-13-26-18)23-17-11-12-24(15-17)19(25)16-8-4-3-5-9-16;/h16-18H,2-15H2,1H3,(H2,21,22,23);1H. The van der Waals surface area contributed by atoms with Crippen molar-refractivity contribution >= 4 is 35.8 Å². The van der Waals surface area contributed by atoms with Crippen LogP contribution in [0.5, 0.6) is 0 Å². The third kappa shape index (κ3) is 7.07. The average Bonchev–Trinajstić information content (AvgIpc) is 3.16. The summed E-state index contributed by atoms with van der Waals surface area (Å²) in [6, 6.07) is 0.299. The molecule has 3 rings (SSSR count). The molecule has 2 atom stereocenters. The van der Waals surface area contributed by atoms with Gasteiger partial charge in [0.2, 0.25) is 5.91 Å². The first kappa shape index (κ1) is 22.7. The molecule has 1 aliphatic carbocycles. The second-order valence-electron chi connectivity index (χ2n) is 7.96. The zero-order valence-corrected chi connectivity index (χ0v) is 19.1. The maximum Gasteiger partial charge on any atom is 0.225 e. The van der Waals surface area contributed by atoms with Crippen molar-refractivity contribution in [2.75, 3.05) is 32.8 Å². The highest BCUT2D eigenvalue weighted by Gasteiger charge is 2.31. The fourth-order valence-corrected chi connectivity index (χ4v) is 4.34. The Kier molecular flexibility index (Phi) is 10.2. The van der Waals surface area contributed by atoms with E-state index in [1.165, 1.54) is 32.1 Å². The van der Waals surface area contributed by atoms with Gasteiger partial charge < -0.3 is 20.3 Å². The van der Waals surface area contributed by atoms with E-state index in [0.29, 0.717) is 18.5 Å². The van der Waals surface area contributed by atoms with Crippen LogP contribution in [0.15, 0.2) is 4.99 Å². The van der Waals surface area contributed by atoms with Gasteiger partial charge in [-0.25, -0.2) is 0 Å². The normalized spacial score (nSPS) is 27.1. The van der Waals surface area contributed by atoms with Crippen LogP contribution in [0.1, 0.15) is 64.7 Å². The minimum absolute atomic E-state index is 0. The van der Waals surface area contributed by atoms with Gasteiger partial charge in [0.1, 0.15) is 0 Å². The van der Waals surface area contributed by atoms with Gasteiger partial charge in [0, 0.05) is 38.2 Å². The molecular weight excluding hydrogens is 455 g/mol. The number of carbonyl (C=O) groups excluding carboxylic acids is 1. The molecule has 27 heavy (non-hydrogen) atoms. The van der Waals surface area contributed by atoms with Crippen molar-refractivity contribution in [1.29, 1.82) is 0 Å². The number of nitrogens with zero attached hydrogens (tertiary/aromatic N) is 2. The van der Waals surface area contributed by atoms with Crippen molar-refractivity contribution in [3.8, 4) is 0 Å². The van der Waals surface area contributed by atoms with E-state index in [9.17, 15) is 4.79 Å². The first-order valence-corrected chi connectivity index (χ1v) is 10.7. The van der Waals surface area contributed by atoms with E-state index in [-0.39, 0.29) is 36.0 Å². The van der Waals surface area contributed by atoms with Gasteiger partial charge in [-0.05, 0) is 45.4 Å². The summed E-state index contributed by atoms with van der Waals surface area (Å²) in [5, 5.41) is 6.87. The molecule has 1 amide bonds. The van der Waals surface area contributed by atoms with Crippen LogP contribution in [0.25, 0.3) is 0 Å². The fourth-order valence-electron chi connectivity index (χ4n) is 4.34. The molecule has 2 aliphatic heterocycles. The summed E-state index contributed by atoms with van der Waals surface area (Å²) in [6.45, 7) is 6.19. The highest BCUT2D eigenvalue weighted by molar-refractivity contribution is 14.0. The van der Waals surface area contributed by atoms with Crippen LogP contribution in [0.3, 0.4) is 0 Å². The van der Waals surface area contributed by atoms with Crippen molar-refractivity contribution in [2.45, 2.75) is 76.9 Å². The van der Waals surface area contributed by atoms with Crippen molar-refractivity contribution in [3.63, 3.8) is 0 Å². The van der Waals surface area contributed by atoms with Crippen molar-refractivity contribution in [3.05, 3.63) is 0 Å². The summed E-state index contributed by atoms with van der Waals surface area (Å²) in [6.07, 6.45) is 10.7. The van der Waals surface area contributed by atoms with E-state index in [1.807, 2.05) is 0 Å². The summed E-state index contributed by atoms with van der Waals surface area (Å²) in [4.78, 5) is 19.5. The molecule has 0 aromatic carbocycles. The number of aliphatic imine (C=N–C) groups is 1. The number of halogens is 1. The van der Waals surface area contributed by atoms with Gasteiger partial charge in [0.15, 0.2) is 5.96 Å². The predicted octanol–water partition coefficient (Wildman–Crippen LogP) is 2.91. The number of likely N-dealkylation sites (tertiary alicyclic amines) is 1. The third-order valence-electron chi connectivity index (χ3n) is 5.87. The SMILES string of the molecule is CCNC(=NCC1CCCCO1)NC1CCN(C(=O)C2CCCCC2)C1.I. The van der Waals surface area contributed by atoms with Gasteiger partial charge in [-0.1, -0.05) is 19.3 Å². The van der Waals surface area contributed by atoms with Crippen LogP contribution in [0.4, 0.5) is 0 Å². The molecule has 0 bridgehead atoms. The Morgan fingerprint density at radius 1 is 1.11 bits per heavy atom. The number of carbonyl (C=O) groups is 1. The van der Waals surface area contributed by atoms with E-state index < -0.39 is 0 Å². The monoisotopic (exact) mass is 492 g/mol. The molecule has 0 aromatic heterocycles. The summed E-state index contributed by atoms with van der Waals surface area (Å²) in [5.74, 6) is 1.51. The maximum atomic E-state index is 12.7. The van der Waals surface area contributed by atoms with Crippen LogP contribution in [0, 0.1) is 5.92 Å². The molecule has 0 spiro atoms. The van der Waals surface area contributed by atoms with Crippen LogP contribution in [-0.2, 0) is 9.53 Å². The first-order valence-electron chi connectivity index (χ1n) is 10.7. The molecule has 3 aliphatic rings. The minimum Gasteiger partial charge on any atom is -0.376 e. The van der Waals surface area contributed by atoms with Crippen LogP contribution < -0.4 is 10.6 Å². The molecule has 1 saturated carbocycles. The number of amides is 1. The van der Waals surface area contributed by atoms with Crippen molar-refractivity contribution in [1.82, 2.24) is 15.5 Å². The van der Waals surface area contributed by atoms with E-state index in [1.54, 1.807) is 0 Å². The molecule has 2 heterocycles. The molecule has 2 unspecified atom stereocenters. The highest BCUT2D eigenvalue weighted by Crippen LogP contribution is 2.26. The molecule has 2 saturated heterocycles. The number of hydrogen-bond acceptors (Lipinski definition) is 3. The Balaban J connectivity index is 0.00000261. The van der Waals surface area contributed by atoms with E-state index >= 15 is 0 Å². The Hall–Kier alpha value is -0.570. The van der Waals surface area contributed by atoms with Gasteiger partial charge in [-0.3, -0.25) is 9.79 Å². The molecular formula is C20H37IN4O2. The van der Waals surface area contributed by atoms with Crippen molar-refractivity contribution < 1.29 is 9.53 Å².